The van der Waals surface area contributed by atoms with Crippen molar-refractivity contribution in [2.75, 3.05) is 13.2 Å². The van der Waals surface area contributed by atoms with Crippen molar-refractivity contribution in [1.29, 1.82) is 0 Å². The molecule has 0 bridgehead atoms. The summed E-state index contributed by atoms with van der Waals surface area (Å²) in [6, 6.07) is 9.22. The van der Waals surface area contributed by atoms with Gasteiger partial charge in [0.1, 0.15) is 11.5 Å². The third kappa shape index (κ3) is 3.72. The zero-order valence-corrected chi connectivity index (χ0v) is 12.0. The molecule has 0 amide bonds. The van der Waals surface area contributed by atoms with Crippen molar-refractivity contribution >= 4 is 0 Å². The molecular weight excluding hydrogens is 272 g/mol. The molecule has 5 heteroatoms. The molecule has 0 spiro atoms. The molecule has 5 nitrogen and oxygen atoms in total. The molecule has 0 radical (unpaired) electrons. The van der Waals surface area contributed by atoms with Crippen LogP contribution < -0.4 is 14.2 Å². The second kappa shape index (κ2) is 6.74. The normalized spacial score (nSPS) is 10.2. The van der Waals surface area contributed by atoms with E-state index in [9.17, 15) is 10.2 Å². The Morgan fingerprint density at radius 2 is 1.14 bits per heavy atom. The Labute approximate surface area is 123 Å². The average molecular weight is 290 g/mol. The fraction of sp³-hybridized carbons (Fsp3) is 0.250. The fourth-order valence-corrected chi connectivity index (χ4v) is 1.82. The molecule has 0 aromatic heterocycles. The highest BCUT2D eigenvalue weighted by atomic mass is 16.5. The molecule has 0 aliphatic heterocycles. The lowest BCUT2D eigenvalue weighted by Crippen LogP contribution is -1.97. The largest absolute Gasteiger partial charge is 0.508 e. The standard InChI is InChI=1S/C16H18O5/c1-3-19-15-9-11(17)5-7-13(15)21-14-8-6-12(18)10-16(14)20-4-2/h5-10,17-18H,3-4H2,1-2H3. The van der Waals surface area contributed by atoms with E-state index in [0.717, 1.165) is 0 Å². The van der Waals surface area contributed by atoms with Crippen LogP contribution in [0.4, 0.5) is 0 Å². The van der Waals surface area contributed by atoms with Crippen molar-refractivity contribution in [1.82, 2.24) is 0 Å². The molecule has 112 valence electrons. The Balaban J connectivity index is 2.33. The number of ether oxygens (including phenoxy) is 3. The second-order valence-electron chi connectivity index (χ2n) is 4.23. The highest BCUT2D eigenvalue weighted by Gasteiger charge is 2.12. The third-order valence-electron chi connectivity index (χ3n) is 2.67. The maximum Gasteiger partial charge on any atom is 0.169 e. The SMILES string of the molecule is CCOc1cc(O)ccc1Oc1ccc(O)cc1OCC. The highest BCUT2D eigenvalue weighted by molar-refractivity contribution is 5.51. The molecule has 21 heavy (non-hydrogen) atoms. The van der Waals surface area contributed by atoms with Gasteiger partial charge >= 0.3 is 0 Å². The maximum absolute atomic E-state index is 9.51. The van der Waals surface area contributed by atoms with Crippen LogP contribution in [0.5, 0.6) is 34.5 Å². The first-order valence-corrected chi connectivity index (χ1v) is 6.73. The summed E-state index contributed by atoms with van der Waals surface area (Å²) in [6.07, 6.45) is 0. The van der Waals surface area contributed by atoms with Gasteiger partial charge in [-0.05, 0) is 38.1 Å². The van der Waals surface area contributed by atoms with Crippen molar-refractivity contribution in [2.45, 2.75) is 13.8 Å². The van der Waals surface area contributed by atoms with Gasteiger partial charge in [0.2, 0.25) is 0 Å². The number of hydrogen-bond acceptors (Lipinski definition) is 5. The van der Waals surface area contributed by atoms with Crippen LogP contribution in [0, 0.1) is 0 Å². The van der Waals surface area contributed by atoms with E-state index in [1.165, 1.54) is 24.3 Å². The van der Waals surface area contributed by atoms with Gasteiger partial charge in [0.15, 0.2) is 23.0 Å². The van der Waals surface area contributed by atoms with Crippen LogP contribution in [-0.2, 0) is 0 Å². The molecule has 2 aromatic rings. The third-order valence-corrected chi connectivity index (χ3v) is 2.67. The summed E-state index contributed by atoms with van der Waals surface area (Å²) in [6.45, 7) is 4.60. The number of benzene rings is 2. The first-order valence-electron chi connectivity index (χ1n) is 6.73. The summed E-state index contributed by atoms with van der Waals surface area (Å²) >= 11 is 0. The number of rotatable bonds is 6. The van der Waals surface area contributed by atoms with Crippen LogP contribution in [0.3, 0.4) is 0 Å². The Bertz CT molecular complexity index is 556. The Morgan fingerprint density at radius 3 is 1.52 bits per heavy atom. The molecule has 2 rings (SSSR count). The predicted octanol–water partition coefficient (Wildman–Crippen LogP) is 3.69. The monoisotopic (exact) mass is 290 g/mol. The Kier molecular flexibility index (Phi) is 4.77. The van der Waals surface area contributed by atoms with Crippen LogP contribution >= 0.6 is 0 Å². The molecule has 0 atom stereocenters. The number of hydrogen-bond donors (Lipinski definition) is 2. The average Bonchev–Trinajstić information content (AvgIpc) is 2.45. The van der Waals surface area contributed by atoms with Gasteiger partial charge in [0.25, 0.3) is 0 Å². The summed E-state index contributed by atoms with van der Waals surface area (Å²) in [7, 11) is 0. The van der Waals surface area contributed by atoms with Crippen LogP contribution in [0.2, 0.25) is 0 Å². The van der Waals surface area contributed by atoms with Gasteiger partial charge in [-0.25, -0.2) is 0 Å². The van der Waals surface area contributed by atoms with E-state index < -0.39 is 0 Å². The van der Waals surface area contributed by atoms with Gasteiger partial charge in [0, 0.05) is 12.1 Å². The predicted molar refractivity (Wildman–Crippen MR) is 78.6 cm³/mol. The molecule has 0 fully saturated rings. The fourth-order valence-electron chi connectivity index (χ4n) is 1.82. The Morgan fingerprint density at radius 1 is 0.714 bits per heavy atom. The number of phenols is 2. The zero-order valence-electron chi connectivity index (χ0n) is 12.0. The van der Waals surface area contributed by atoms with Crippen LogP contribution in [0.15, 0.2) is 36.4 Å². The zero-order chi connectivity index (χ0) is 15.2. The molecule has 2 aromatic carbocycles. The molecular formula is C16H18O5. The highest BCUT2D eigenvalue weighted by Crippen LogP contribution is 2.39. The van der Waals surface area contributed by atoms with E-state index in [-0.39, 0.29) is 11.5 Å². The van der Waals surface area contributed by atoms with Crippen molar-refractivity contribution in [3.63, 3.8) is 0 Å². The summed E-state index contributed by atoms with van der Waals surface area (Å²) in [5.41, 5.74) is 0. The van der Waals surface area contributed by atoms with Gasteiger partial charge in [-0.1, -0.05) is 0 Å². The van der Waals surface area contributed by atoms with Gasteiger partial charge < -0.3 is 24.4 Å². The number of aromatic hydroxyl groups is 2. The minimum Gasteiger partial charge on any atom is -0.508 e. The molecule has 0 unspecified atom stereocenters. The molecule has 2 N–H and O–H groups in total. The minimum atomic E-state index is 0.0986. The molecule has 0 aliphatic carbocycles. The smallest absolute Gasteiger partial charge is 0.169 e. The van der Waals surface area contributed by atoms with Crippen LogP contribution in [-0.4, -0.2) is 23.4 Å². The van der Waals surface area contributed by atoms with Crippen LogP contribution in [0.25, 0.3) is 0 Å². The lowest BCUT2D eigenvalue weighted by Gasteiger charge is -2.14. The van der Waals surface area contributed by atoms with E-state index in [0.29, 0.717) is 36.2 Å². The van der Waals surface area contributed by atoms with Gasteiger partial charge in [-0.15, -0.1) is 0 Å². The topological polar surface area (TPSA) is 68.2 Å². The van der Waals surface area contributed by atoms with Crippen LogP contribution in [0.1, 0.15) is 13.8 Å². The summed E-state index contributed by atoms with van der Waals surface area (Å²) < 4.78 is 16.7. The Hall–Kier alpha value is -2.56. The van der Waals surface area contributed by atoms with Gasteiger partial charge in [-0.3, -0.25) is 0 Å². The first-order chi connectivity index (χ1) is 10.1. The van der Waals surface area contributed by atoms with E-state index >= 15 is 0 Å². The van der Waals surface area contributed by atoms with Gasteiger partial charge in [0.05, 0.1) is 13.2 Å². The first kappa shape index (κ1) is 14.8. The lowest BCUT2D eigenvalue weighted by atomic mass is 10.2. The van der Waals surface area contributed by atoms with Crippen molar-refractivity contribution in [2.24, 2.45) is 0 Å². The maximum atomic E-state index is 9.51. The van der Waals surface area contributed by atoms with E-state index in [1.54, 1.807) is 12.1 Å². The molecule has 0 saturated heterocycles. The van der Waals surface area contributed by atoms with Gasteiger partial charge in [-0.2, -0.15) is 0 Å². The molecule has 0 aliphatic rings. The van der Waals surface area contributed by atoms with Crippen molar-refractivity contribution in [3.05, 3.63) is 36.4 Å². The van der Waals surface area contributed by atoms with E-state index in [4.69, 9.17) is 14.2 Å². The van der Waals surface area contributed by atoms with Crippen molar-refractivity contribution in [3.8, 4) is 34.5 Å². The number of phenolic OH excluding ortho intramolecular Hbond substituents is 2. The van der Waals surface area contributed by atoms with E-state index in [1.807, 2.05) is 13.8 Å². The quantitative estimate of drug-likeness (QED) is 0.849. The summed E-state index contributed by atoms with van der Waals surface area (Å²) in [5, 5.41) is 19.0. The molecule has 0 saturated carbocycles. The molecule has 0 heterocycles. The van der Waals surface area contributed by atoms with Crippen molar-refractivity contribution < 1.29 is 24.4 Å². The lowest BCUT2D eigenvalue weighted by molar-refractivity contribution is 0.302. The minimum absolute atomic E-state index is 0.0986. The summed E-state index contributed by atoms with van der Waals surface area (Å²) in [4.78, 5) is 0. The van der Waals surface area contributed by atoms with E-state index in [2.05, 4.69) is 0 Å². The summed E-state index contributed by atoms with van der Waals surface area (Å²) in [5.74, 6) is 1.99. The second-order valence-corrected chi connectivity index (χ2v) is 4.23.